The van der Waals surface area contributed by atoms with Crippen LogP contribution in [0.25, 0.3) is 10.9 Å². The summed E-state index contributed by atoms with van der Waals surface area (Å²) < 4.78 is 0. The summed E-state index contributed by atoms with van der Waals surface area (Å²) in [5, 5.41) is 16.3. The van der Waals surface area contributed by atoms with Gasteiger partial charge in [0.1, 0.15) is 5.41 Å². The molecule has 1 aliphatic carbocycles. The van der Waals surface area contributed by atoms with E-state index >= 15 is 0 Å². The molecule has 1 heterocycles. The third-order valence-corrected chi connectivity index (χ3v) is 4.61. The van der Waals surface area contributed by atoms with Gasteiger partial charge in [-0.15, -0.1) is 0 Å². The molecule has 0 bridgehead atoms. The van der Waals surface area contributed by atoms with Crippen LogP contribution >= 0.6 is 0 Å². The number of carbonyl (C=O) groups excluding carboxylic acids is 1. The Morgan fingerprint density at radius 3 is 2.40 bits per heavy atom. The van der Waals surface area contributed by atoms with Crippen LogP contribution in [-0.2, 0) is 9.59 Å². The number of nitrogens with one attached hydrogen (secondary N) is 3. The van der Waals surface area contributed by atoms with Crippen LogP contribution in [0.2, 0.25) is 0 Å². The second-order valence-electron chi connectivity index (χ2n) is 6.29. The molecule has 3 aromatic rings. The molecule has 4 N–H and O–H groups in total. The number of anilines is 3. The number of hydrogen-bond donors (Lipinski definition) is 4. The predicted molar refractivity (Wildman–Crippen MR) is 96.0 cm³/mol. The standard InChI is InChI=1S/C19H17N3O3/c23-17(19(9-10-19)18(24)25)22-13-6-4-12(5-7-13)21-16-3-1-2-15-14(16)8-11-20-15/h1-8,11,20-21H,9-10H2,(H,22,23)(H,24,25). The Morgan fingerprint density at radius 1 is 1.00 bits per heavy atom. The van der Waals surface area contributed by atoms with E-state index in [2.05, 4.69) is 15.6 Å². The molecule has 1 aliphatic rings. The number of aliphatic carboxylic acids is 1. The highest BCUT2D eigenvalue weighted by Crippen LogP contribution is 2.46. The van der Waals surface area contributed by atoms with Crippen LogP contribution in [0.1, 0.15) is 12.8 Å². The highest BCUT2D eigenvalue weighted by molar-refractivity contribution is 6.10. The van der Waals surface area contributed by atoms with Crippen LogP contribution in [0.3, 0.4) is 0 Å². The van der Waals surface area contributed by atoms with Crippen molar-refractivity contribution < 1.29 is 14.7 Å². The topological polar surface area (TPSA) is 94.2 Å². The summed E-state index contributed by atoms with van der Waals surface area (Å²) in [7, 11) is 0. The van der Waals surface area contributed by atoms with E-state index in [0.29, 0.717) is 18.5 Å². The van der Waals surface area contributed by atoms with Gasteiger partial charge in [0.2, 0.25) is 5.91 Å². The van der Waals surface area contributed by atoms with E-state index in [1.165, 1.54) is 0 Å². The quantitative estimate of drug-likeness (QED) is 0.535. The second-order valence-corrected chi connectivity index (χ2v) is 6.29. The van der Waals surface area contributed by atoms with Gasteiger partial charge in [0.05, 0.1) is 0 Å². The van der Waals surface area contributed by atoms with E-state index in [1.807, 2.05) is 42.6 Å². The summed E-state index contributed by atoms with van der Waals surface area (Å²) in [5.41, 5.74) is 2.27. The van der Waals surface area contributed by atoms with Gasteiger partial charge < -0.3 is 20.7 Å². The number of aromatic nitrogens is 1. The first kappa shape index (κ1) is 15.3. The zero-order chi connectivity index (χ0) is 17.4. The predicted octanol–water partition coefficient (Wildman–Crippen LogP) is 3.71. The number of carbonyl (C=O) groups is 2. The monoisotopic (exact) mass is 335 g/mol. The van der Waals surface area contributed by atoms with Crippen LogP contribution in [-0.4, -0.2) is 22.0 Å². The molecule has 2 aromatic carbocycles. The molecule has 0 atom stereocenters. The number of carboxylic acid groups (broad SMARTS) is 1. The van der Waals surface area contributed by atoms with Crippen molar-refractivity contribution in [2.24, 2.45) is 5.41 Å². The van der Waals surface area contributed by atoms with Crippen molar-refractivity contribution >= 4 is 39.8 Å². The summed E-state index contributed by atoms with van der Waals surface area (Å²) in [6, 6.07) is 15.2. The molecule has 1 fully saturated rings. The average Bonchev–Trinajstić information content (AvgIpc) is 3.29. The molecular formula is C19H17N3O3. The van der Waals surface area contributed by atoms with Crippen molar-refractivity contribution in [1.82, 2.24) is 4.98 Å². The number of hydrogen-bond acceptors (Lipinski definition) is 3. The van der Waals surface area contributed by atoms with Gasteiger partial charge in [0, 0.05) is 34.2 Å². The second kappa shape index (κ2) is 5.66. The minimum atomic E-state index is -1.24. The SMILES string of the molecule is O=C(O)C1(C(=O)Nc2ccc(Nc3cccc4[nH]ccc34)cc2)CC1. The van der Waals surface area contributed by atoms with E-state index in [9.17, 15) is 9.59 Å². The molecule has 6 nitrogen and oxygen atoms in total. The van der Waals surface area contributed by atoms with Crippen molar-refractivity contribution in [2.75, 3.05) is 10.6 Å². The third-order valence-electron chi connectivity index (χ3n) is 4.61. The Balaban J connectivity index is 1.48. The highest BCUT2D eigenvalue weighted by atomic mass is 16.4. The van der Waals surface area contributed by atoms with E-state index in [0.717, 1.165) is 22.3 Å². The van der Waals surface area contributed by atoms with Gasteiger partial charge in [-0.1, -0.05) is 6.07 Å². The Bertz CT molecular complexity index is 955. The first-order valence-electron chi connectivity index (χ1n) is 8.07. The molecular weight excluding hydrogens is 318 g/mol. The number of fused-ring (bicyclic) bond motifs is 1. The van der Waals surface area contributed by atoms with Crippen molar-refractivity contribution in [3.63, 3.8) is 0 Å². The lowest BCUT2D eigenvalue weighted by atomic mass is 10.1. The fourth-order valence-electron chi connectivity index (χ4n) is 2.90. The van der Waals surface area contributed by atoms with E-state index in [1.54, 1.807) is 12.1 Å². The average molecular weight is 335 g/mol. The van der Waals surface area contributed by atoms with E-state index in [-0.39, 0.29) is 0 Å². The normalized spacial score (nSPS) is 14.9. The van der Waals surface area contributed by atoms with Crippen molar-refractivity contribution in [3.05, 3.63) is 54.7 Å². The Labute approximate surface area is 143 Å². The maximum absolute atomic E-state index is 12.1. The first-order chi connectivity index (χ1) is 12.1. The van der Waals surface area contributed by atoms with Crippen molar-refractivity contribution in [1.29, 1.82) is 0 Å². The van der Waals surface area contributed by atoms with Gasteiger partial charge in [0.15, 0.2) is 0 Å². The molecule has 0 unspecified atom stereocenters. The lowest BCUT2D eigenvalue weighted by Crippen LogP contribution is -2.31. The van der Waals surface area contributed by atoms with Gasteiger partial charge in [0.25, 0.3) is 0 Å². The molecule has 6 heteroatoms. The van der Waals surface area contributed by atoms with E-state index in [4.69, 9.17) is 5.11 Å². The number of carboxylic acids is 1. The van der Waals surface area contributed by atoms with Gasteiger partial charge in [-0.2, -0.15) is 0 Å². The number of aromatic amines is 1. The fourth-order valence-corrected chi connectivity index (χ4v) is 2.90. The minimum absolute atomic E-state index is 0.397. The van der Waals surface area contributed by atoms with Crippen LogP contribution < -0.4 is 10.6 Å². The third kappa shape index (κ3) is 2.71. The zero-order valence-electron chi connectivity index (χ0n) is 13.4. The summed E-state index contributed by atoms with van der Waals surface area (Å²) in [6.07, 6.45) is 2.69. The lowest BCUT2D eigenvalue weighted by Gasteiger charge is -2.12. The van der Waals surface area contributed by atoms with Crippen LogP contribution in [0.5, 0.6) is 0 Å². The van der Waals surface area contributed by atoms with Crippen molar-refractivity contribution in [2.45, 2.75) is 12.8 Å². The van der Waals surface area contributed by atoms with Gasteiger partial charge in [-0.25, -0.2) is 0 Å². The number of H-pyrrole nitrogens is 1. The summed E-state index contributed by atoms with van der Waals surface area (Å²) >= 11 is 0. The largest absolute Gasteiger partial charge is 0.480 e. The maximum atomic E-state index is 12.1. The van der Waals surface area contributed by atoms with E-state index < -0.39 is 17.3 Å². The molecule has 1 aromatic heterocycles. The molecule has 0 radical (unpaired) electrons. The van der Waals surface area contributed by atoms with Crippen LogP contribution in [0.15, 0.2) is 54.7 Å². The summed E-state index contributed by atoms with van der Waals surface area (Å²) in [4.78, 5) is 26.5. The maximum Gasteiger partial charge on any atom is 0.319 e. The lowest BCUT2D eigenvalue weighted by molar-refractivity contribution is -0.147. The molecule has 126 valence electrons. The van der Waals surface area contributed by atoms with Crippen LogP contribution in [0, 0.1) is 5.41 Å². The molecule has 0 saturated heterocycles. The number of amides is 1. The highest BCUT2D eigenvalue weighted by Gasteiger charge is 2.57. The Hall–Kier alpha value is -3.28. The van der Waals surface area contributed by atoms with Gasteiger partial charge in [-0.05, 0) is 55.3 Å². The number of rotatable bonds is 5. The first-order valence-corrected chi connectivity index (χ1v) is 8.07. The van der Waals surface area contributed by atoms with Crippen LogP contribution in [0.4, 0.5) is 17.1 Å². The van der Waals surface area contributed by atoms with Gasteiger partial charge >= 0.3 is 5.97 Å². The molecule has 1 amide bonds. The molecule has 25 heavy (non-hydrogen) atoms. The summed E-state index contributed by atoms with van der Waals surface area (Å²) in [6.45, 7) is 0. The molecule has 0 aliphatic heterocycles. The summed E-state index contributed by atoms with van der Waals surface area (Å²) in [5.74, 6) is -1.50. The molecule has 0 spiro atoms. The van der Waals surface area contributed by atoms with Gasteiger partial charge in [-0.3, -0.25) is 9.59 Å². The number of benzene rings is 2. The smallest absolute Gasteiger partial charge is 0.319 e. The minimum Gasteiger partial charge on any atom is -0.480 e. The van der Waals surface area contributed by atoms with Crippen molar-refractivity contribution in [3.8, 4) is 0 Å². The zero-order valence-corrected chi connectivity index (χ0v) is 13.4. The molecule has 4 rings (SSSR count). The Kier molecular flexibility index (Phi) is 3.46. The molecule has 1 saturated carbocycles. The fraction of sp³-hybridized carbons (Fsp3) is 0.158. The Morgan fingerprint density at radius 2 is 1.72 bits per heavy atom.